The lowest BCUT2D eigenvalue weighted by molar-refractivity contribution is -0.124. The molecule has 1 atom stereocenters. The summed E-state index contributed by atoms with van der Waals surface area (Å²) in [7, 11) is 0. The summed E-state index contributed by atoms with van der Waals surface area (Å²) in [6.07, 6.45) is 4.19. The number of hydrogen-bond acceptors (Lipinski definition) is 6. The first-order chi connectivity index (χ1) is 15.6. The monoisotopic (exact) mass is 439 g/mol. The number of fused-ring (bicyclic) bond motifs is 1. The second-order valence-electron chi connectivity index (χ2n) is 7.66. The second-order valence-corrected chi connectivity index (χ2v) is 7.66. The number of carbonyl (C=O) groups is 3. The smallest absolute Gasteiger partial charge is 0.289 e. The quantitative estimate of drug-likeness (QED) is 0.639. The topological polar surface area (TPSA) is 110 Å². The Morgan fingerprint density at radius 1 is 1.16 bits per heavy atom. The molecule has 2 aromatic rings. The lowest BCUT2D eigenvalue weighted by Gasteiger charge is -2.35. The van der Waals surface area contributed by atoms with Gasteiger partial charge in [-0.25, -0.2) is 0 Å². The number of ether oxygens (including phenoxy) is 2. The van der Waals surface area contributed by atoms with Gasteiger partial charge in [0.15, 0.2) is 17.3 Å². The van der Waals surface area contributed by atoms with Crippen molar-refractivity contribution >= 4 is 17.7 Å². The third kappa shape index (κ3) is 4.61. The highest BCUT2D eigenvalue weighted by atomic mass is 16.7. The Balaban J connectivity index is 1.43. The molecule has 3 heterocycles. The van der Waals surface area contributed by atoms with Gasteiger partial charge in [-0.1, -0.05) is 6.08 Å². The van der Waals surface area contributed by atoms with E-state index in [-0.39, 0.29) is 30.4 Å². The number of carbonyl (C=O) groups excluding carboxylic acids is 3. The van der Waals surface area contributed by atoms with Gasteiger partial charge in [0, 0.05) is 25.2 Å². The molecule has 0 aliphatic carbocycles. The van der Waals surface area contributed by atoms with Crippen LogP contribution in [0.2, 0.25) is 0 Å². The molecule has 2 aliphatic rings. The van der Waals surface area contributed by atoms with Crippen molar-refractivity contribution in [2.24, 2.45) is 5.92 Å². The van der Waals surface area contributed by atoms with Gasteiger partial charge in [-0.15, -0.1) is 6.58 Å². The van der Waals surface area contributed by atoms with Crippen LogP contribution in [-0.4, -0.2) is 55.1 Å². The summed E-state index contributed by atoms with van der Waals surface area (Å²) >= 11 is 0. The minimum atomic E-state index is -0.742. The molecule has 2 aliphatic heterocycles. The number of furan rings is 1. The third-order valence-electron chi connectivity index (χ3n) is 5.65. The average Bonchev–Trinajstić information content (AvgIpc) is 3.52. The molecule has 9 nitrogen and oxygen atoms in total. The van der Waals surface area contributed by atoms with Crippen LogP contribution < -0.4 is 20.1 Å². The number of hydrogen-bond donors (Lipinski definition) is 2. The van der Waals surface area contributed by atoms with E-state index in [0.29, 0.717) is 55.3 Å². The standard InChI is InChI=1S/C23H25N3O6/c1-2-9-24-22(28)20(25-21(27)16-5-6-17-19(13-16)32-14-31-17)15-7-10-26(11-8-15)23(29)18-4-3-12-30-18/h2-6,12-13,15,20H,1,7-11,14H2,(H,24,28)(H,25,27)/t20-/m1/s1. The van der Waals surface area contributed by atoms with Crippen molar-refractivity contribution in [1.29, 1.82) is 0 Å². The van der Waals surface area contributed by atoms with Crippen LogP contribution in [0.15, 0.2) is 53.7 Å². The maximum absolute atomic E-state index is 12.9. The maximum Gasteiger partial charge on any atom is 0.289 e. The lowest BCUT2D eigenvalue weighted by atomic mass is 9.88. The van der Waals surface area contributed by atoms with Gasteiger partial charge in [0.2, 0.25) is 12.7 Å². The minimum absolute atomic E-state index is 0.113. The van der Waals surface area contributed by atoms with Gasteiger partial charge in [-0.3, -0.25) is 14.4 Å². The number of benzene rings is 1. The van der Waals surface area contributed by atoms with Gasteiger partial charge in [0.1, 0.15) is 6.04 Å². The van der Waals surface area contributed by atoms with Gasteiger partial charge in [0.25, 0.3) is 11.8 Å². The van der Waals surface area contributed by atoms with Gasteiger partial charge < -0.3 is 29.4 Å². The van der Waals surface area contributed by atoms with Crippen LogP contribution in [-0.2, 0) is 4.79 Å². The zero-order valence-corrected chi connectivity index (χ0v) is 17.5. The van der Waals surface area contributed by atoms with E-state index in [9.17, 15) is 14.4 Å². The van der Waals surface area contributed by atoms with E-state index in [1.54, 1.807) is 41.3 Å². The summed E-state index contributed by atoms with van der Waals surface area (Å²) in [4.78, 5) is 40.0. The first-order valence-electron chi connectivity index (χ1n) is 10.5. The molecule has 1 aromatic carbocycles. The SMILES string of the molecule is C=CCNC(=O)[C@H](NC(=O)c1ccc2c(c1)OCO2)C1CCN(C(=O)c2ccco2)CC1. The predicted octanol–water partition coefficient (Wildman–Crippen LogP) is 1.96. The number of rotatable bonds is 7. The van der Waals surface area contributed by atoms with Gasteiger partial charge >= 0.3 is 0 Å². The molecule has 4 rings (SSSR count). The fraction of sp³-hybridized carbons (Fsp3) is 0.348. The number of piperidine rings is 1. The zero-order valence-electron chi connectivity index (χ0n) is 17.5. The van der Waals surface area contributed by atoms with Crippen molar-refractivity contribution < 1.29 is 28.3 Å². The highest BCUT2D eigenvalue weighted by molar-refractivity contribution is 5.98. The van der Waals surface area contributed by atoms with Crippen LogP contribution in [0.25, 0.3) is 0 Å². The number of likely N-dealkylation sites (tertiary alicyclic amines) is 1. The highest BCUT2D eigenvalue weighted by Crippen LogP contribution is 2.32. The molecule has 168 valence electrons. The maximum atomic E-state index is 12.9. The molecule has 0 saturated carbocycles. The summed E-state index contributed by atoms with van der Waals surface area (Å²) in [6, 6.07) is 7.46. The van der Waals surface area contributed by atoms with E-state index in [0.717, 1.165) is 0 Å². The van der Waals surface area contributed by atoms with Crippen LogP contribution in [0.5, 0.6) is 11.5 Å². The van der Waals surface area contributed by atoms with Crippen LogP contribution in [0.1, 0.15) is 33.8 Å². The summed E-state index contributed by atoms with van der Waals surface area (Å²) in [5.41, 5.74) is 0.376. The van der Waals surface area contributed by atoms with E-state index < -0.39 is 6.04 Å². The Labute approximate surface area is 185 Å². The lowest BCUT2D eigenvalue weighted by Crippen LogP contribution is -2.53. The second kappa shape index (κ2) is 9.59. The van der Waals surface area contributed by atoms with Crippen LogP contribution >= 0.6 is 0 Å². The molecule has 9 heteroatoms. The third-order valence-corrected chi connectivity index (χ3v) is 5.65. The van der Waals surface area contributed by atoms with Crippen LogP contribution in [0.3, 0.4) is 0 Å². The van der Waals surface area contributed by atoms with Crippen molar-refractivity contribution in [2.45, 2.75) is 18.9 Å². The number of nitrogens with zero attached hydrogens (tertiary/aromatic N) is 1. The zero-order chi connectivity index (χ0) is 22.5. The molecule has 1 aromatic heterocycles. The molecule has 2 N–H and O–H groups in total. The van der Waals surface area contributed by atoms with Crippen molar-refractivity contribution in [2.75, 3.05) is 26.4 Å². The van der Waals surface area contributed by atoms with Crippen molar-refractivity contribution in [3.8, 4) is 11.5 Å². The molecule has 0 bridgehead atoms. The van der Waals surface area contributed by atoms with Crippen LogP contribution in [0, 0.1) is 5.92 Å². The van der Waals surface area contributed by atoms with Gasteiger partial charge in [-0.05, 0) is 49.1 Å². The summed E-state index contributed by atoms with van der Waals surface area (Å²) in [5.74, 6) is 0.403. The molecule has 32 heavy (non-hydrogen) atoms. The number of nitrogens with one attached hydrogen (secondary N) is 2. The number of amides is 3. The van der Waals surface area contributed by atoms with Crippen molar-refractivity contribution in [3.05, 3.63) is 60.6 Å². The fourth-order valence-electron chi connectivity index (χ4n) is 3.93. The Hall–Kier alpha value is -3.75. The van der Waals surface area contributed by atoms with Crippen molar-refractivity contribution in [3.63, 3.8) is 0 Å². The molecule has 0 unspecified atom stereocenters. The summed E-state index contributed by atoms with van der Waals surface area (Å²) in [5, 5.41) is 5.64. The van der Waals surface area contributed by atoms with E-state index >= 15 is 0 Å². The van der Waals surface area contributed by atoms with Crippen molar-refractivity contribution in [1.82, 2.24) is 15.5 Å². The molecule has 0 spiro atoms. The molecular weight excluding hydrogens is 414 g/mol. The minimum Gasteiger partial charge on any atom is -0.459 e. The predicted molar refractivity (Wildman–Crippen MR) is 114 cm³/mol. The Kier molecular flexibility index (Phi) is 6.44. The van der Waals surface area contributed by atoms with E-state index in [1.807, 2.05) is 0 Å². The molecule has 3 amide bonds. The molecular formula is C23H25N3O6. The Morgan fingerprint density at radius 2 is 1.94 bits per heavy atom. The first-order valence-corrected chi connectivity index (χ1v) is 10.5. The normalized spacial score (nSPS) is 16.3. The van der Waals surface area contributed by atoms with Gasteiger partial charge in [0.05, 0.1) is 6.26 Å². The summed E-state index contributed by atoms with van der Waals surface area (Å²) < 4.78 is 15.8. The van der Waals surface area contributed by atoms with E-state index in [1.165, 1.54) is 6.26 Å². The highest BCUT2D eigenvalue weighted by Gasteiger charge is 2.34. The molecule has 0 radical (unpaired) electrons. The molecule has 1 fully saturated rings. The average molecular weight is 439 g/mol. The summed E-state index contributed by atoms with van der Waals surface area (Å²) in [6.45, 7) is 4.96. The van der Waals surface area contributed by atoms with Crippen LogP contribution in [0.4, 0.5) is 0 Å². The Bertz CT molecular complexity index is 995. The van der Waals surface area contributed by atoms with Gasteiger partial charge in [-0.2, -0.15) is 0 Å². The van der Waals surface area contributed by atoms with E-state index in [2.05, 4.69) is 17.2 Å². The molecule has 1 saturated heterocycles. The first kappa shape index (κ1) is 21.5. The Morgan fingerprint density at radius 3 is 2.66 bits per heavy atom. The van der Waals surface area contributed by atoms with E-state index in [4.69, 9.17) is 13.9 Å². The fourth-order valence-corrected chi connectivity index (χ4v) is 3.93. The largest absolute Gasteiger partial charge is 0.459 e.